The summed E-state index contributed by atoms with van der Waals surface area (Å²) in [5.41, 5.74) is -2.10. The molecular weight excluding hydrogens is 415 g/mol. The lowest BCUT2D eigenvalue weighted by molar-refractivity contribution is -0.387. The van der Waals surface area contributed by atoms with Crippen LogP contribution in [-0.2, 0) is 20.9 Å². The molecule has 3 aromatic rings. The van der Waals surface area contributed by atoms with E-state index in [1.165, 1.54) is 19.1 Å². The number of hydrogen-bond donors (Lipinski definition) is 2. The SMILES string of the molecule is CC(OC(=O)Cn1[nH]c(=O)c2ccccc2c1=O)C(=O)Nc1ccc(F)c([N+](=O)[O-])c1. The van der Waals surface area contributed by atoms with Crippen molar-refractivity contribution < 1.29 is 23.6 Å². The first-order chi connectivity index (χ1) is 14.7. The predicted octanol–water partition coefficient (Wildman–Crippen LogP) is 1.31. The molecule has 2 aromatic carbocycles. The van der Waals surface area contributed by atoms with Crippen molar-refractivity contribution in [1.82, 2.24) is 9.78 Å². The maximum absolute atomic E-state index is 13.4. The number of carbonyl (C=O) groups is 2. The summed E-state index contributed by atoms with van der Waals surface area (Å²) >= 11 is 0. The lowest BCUT2D eigenvalue weighted by Gasteiger charge is -2.14. The summed E-state index contributed by atoms with van der Waals surface area (Å²) < 4.78 is 19.1. The number of nitro groups is 1. The summed E-state index contributed by atoms with van der Waals surface area (Å²) in [6.45, 7) is 0.579. The van der Waals surface area contributed by atoms with E-state index < -0.39 is 52.1 Å². The highest BCUT2D eigenvalue weighted by molar-refractivity contribution is 5.95. The number of halogens is 1. The van der Waals surface area contributed by atoms with Crippen molar-refractivity contribution in [1.29, 1.82) is 0 Å². The number of nitro benzene ring substituents is 1. The van der Waals surface area contributed by atoms with Crippen LogP contribution in [0.25, 0.3) is 10.8 Å². The Balaban J connectivity index is 1.69. The number of H-pyrrole nitrogens is 1. The molecule has 2 N–H and O–H groups in total. The smallest absolute Gasteiger partial charge is 0.328 e. The Morgan fingerprint density at radius 1 is 1.23 bits per heavy atom. The average molecular weight is 430 g/mol. The van der Waals surface area contributed by atoms with E-state index in [0.717, 1.165) is 22.9 Å². The van der Waals surface area contributed by atoms with E-state index in [2.05, 4.69) is 10.4 Å². The van der Waals surface area contributed by atoms with Crippen molar-refractivity contribution in [3.05, 3.63) is 79.1 Å². The molecule has 11 nitrogen and oxygen atoms in total. The molecule has 0 aliphatic carbocycles. The van der Waals surface area contributed by atoms with Crippen LogP contribution in [-0.4, -0.2) is 32.7 Å². The Morgan fingerprint density at radius 3 is 2.58 bits per heavy atom. The number of carbonyl (C=O) groups excluding carboxylic acids is 2. The molecule has 1 heterocycles. The zero-order chi connectivity index (χ0) is 22.7. The second-order valence-corrected chi connectivity index (χ2v) is 6.42. The van der Waals surface area contributed by atoms with Gasteiger partial charge in [-0.05, 0) is 31.2 Å². The van der Waals surface area contributed by atoms with Gasteiger partial charge in [0.05, 0.1) is 15.7 Å². The van der Waals surface area contributed by atoms with Crippen LogP contribution in [0.5, 0.6) is 0 Å². The van der Waals surface area contributed by atoms with Gasteiger partial charge in [0, 0.05) is 11.8 Å². The number of hydrogen-bond acceptors (Lipinski definition) is 7. The number of amides is 1. The largest absolute Gasteiger partial charge is 0.451 e. The quantitative estimate of drug-likeness (QED) is 0.339. The lowest BCUT2D eigenvalue weighted by Crippen LogP contribution is -2.36. The topological polar surface area (TPSA) is 153 Å². The van der Waals surface area contributed by atoms with Crippen LogP contribution in [0.4, 0.5) is 15.8 Å². The maximum Gasteiger partial charge on any atom is 0.328 e. The van der Waals surface area contributed by atoms with Crippen molar-refractivity contribution >= 4 is 34.0 Å². The number of fused-ring (bicyclic) bond motifs is 1. The molecule has 0 fully saturated rings. The first-order valence-electron chi connectivity index (χ1n) is 8.83. The zero-order valence-electron chi connectivity index (χ0n) is 16.0. The standard InChI is InChI=1S/C19H15FN4O7/c1-10(17(26)21-11-6-7-14(20)15(8-11)24(29)30)31-16(25)9-23-19(28)13-5-3-2-4-12(13)18(27)22-23/h2-8,10H,9H2,1H3,(H,21,26)(H,22,27). The highest BCUT2D eigenvalue weighted by atomic mass is 19.1. The summed E-state index contributed by atoms with van der Waals surface area (Å²) in [7, 11) is 0. The third-order valence-corrected chi connectivity index (χ3v) is 4.26. The number of esters is 1. The summed E-state index contributed by atoms with van der Waals surface area (Å²) in [6, 6.07) is 8.79. The zero-order valence-corrected chi connectivity index (χ0v) is 16.0. The molecule has 31 heavy (non-hydrogen) atoms. The first kappa shape index (κ1) is 21.4. The Labute approximate surface area is 172 Å². The minimum Gasteiger partial charge on any atom is -0.451 e. The molecule has 0 saturated heterocycles. The minimum absolute atomic E-state index is 0.0731. The van der Waals surface area contributed by atoms with Crippen molar-refractivity contribution in [2.75, 3.05) is 5.32 Å². The number of aromatic amines is 1. The highest BCUT2D eigenvalue weighted by Gasteiger charge is 2.21. The molecular formula is C19H15FN4O7. The van der Waals surface area contributed by atoms with Gasteiger partial charge in [0.1, 0.15) is 6.54 Å². The van der Waals surface area contributed by atoms with Crippen molar-refractivity contribution in [2.45, 2.75) is 19.6 Å². The Morgan fingerprint density at radius 2 is 1.90 bits per heavy atom. The molecule has 160 valence electrons. The van der Waals surface area contributed by atoms with Crippen LogP contribution in [0.2, 0.25) is 0 Å². The molecule has 0 bridgehead atoms. The van der Waals surface area contributed by atoms with Crippen LogP contribution in [0.1, 0.15) is 6.92 Å². The summed E-state index contributed by atoms with van der Waals surface area (Å²) in [4.78, 5) is 58.6. The molecule has 1 aromatic heterocycles. The molecule has 12 heteroatoms. The first-order valence-corrected chi connectivity index (χ1v) is 8.83. The van der Waals surface area contributed by atoms with E-state index in [-0.39, 0.29) is 16.5 Å². The Hall–Kier alpha value is -4.35. The van der Waals surface area contributed by atoms with Crippen LogP contribution in [0, 0.1) is 15.9 Å². The number of ether oxygens (including phenoxy) is 1. The minimum atomic E-state index is -1.35. The van der Waals surface area contributed by atoms with Crippen molar-refractivity contribution in [3.63, 3.8) is 0 Å². The molecule has 0 radical (unpaired) electrons. The number of benzene rings is 2. The molecule has 0 aliphatic heterocycles. The lowest BCUT2D eigenvalue weighted by atomic mass is 10.2. The number of nitrogens with zero attached hydrogens (tertiary/aromatic N) is 2. The van der Waals surface area contributed by atoms with E-state index in [9.17, 15) is 33.7 Å². The summed E-state index contributed by atoms with van der Waals surface area (Å²) in [6.07, 6.45) is -1.35. The Bertz CT molecular complexity index is 1310. The monoisotopic (exact) mass is 430 g/mol. The van der Waals surface area contributed by atoms with E-state index in [4.69, 9.17) is 4.74 Å². The highest BCUT2D eigenvalue weighted by Crippen LogP contribution is 2.21. The fourth-order valence-corrected chi connectivity index (χ4v) is 2.75. The summed E-state index contributed by atoms with van der Waals surface area (Å²) in [5.74, 6) is -2.90. The average Bonchev–Trinajstić information content (AvgIpc) is 2.72. The molecule has 3 rings (SSSR count). The van der Waals surface area contributed by atoms with Gasteiger partial charge >= 0.3 is 11.7 Å². The summed E-state index contributed by atoms with van der Waals surface area (Å²) in [5, 5.41) is 15.6. The molecule has 0 aliphatic rings. The molecule has 1 amide bonds. The van der Waals surface area contributed by atoms with Crippen LogP contribution in [0.3, 0.4) is 0 Å². The van der Waals surface area contributed by atoms with Gasteiger partial charge in [0.15, 0.2) is 6.10 Å². The van der Waals surface area contributed by atoms with Crippen LogP contribution in [0.15, 0.2) is 52.1 Å². The number of anilines is 1. The third-order valence-electron chi connectivity index (χ3n) is 4.26. The number of aromatic nitrogens is 2. The van der Waals surface area contributed by atoms with E-state index in [1.807, 2.05) is 0 Å². The van der Waals surface area contributed by atoms with E-state index in [0.29, 0.717) is 0 Å². The molecule has 1 unspecified atom stereocenters. The van der Waals surface area contributed by atoms with Crippen molar-refractivity contribution in [3.8, 4) is 0 Å². The Kier molecular flexibility index (Phi) is 5.90. The van der Waals surface area contributed by atoms with Gasteiger partial charge in [-0.15, -0.1) is 0 Å². The van der Waals surface area contributed by atoms with Crippen LogP contribution >= 0.6 is 0 Å². The third kappa shape index (κ3) is 4.63. The number of nitrogens with one attached hydrogen (secondary N) is 2. The van der Waals surface area contributed by atoms with Gasteiger partial charge in [-0.1, -0.05) is 12.1 Å². The predicted molar refractivity (Wildman–Crippen MR) is 106 cm³/mol. The second kappa shape index (κ2) is 8.57. The normalized spacial score (nSPS) is 11.7. The van der Waals surface area contributed by atoms with Gasteiger partial charge in [-0.3, -0.25) is 34.4 Å². The second-order valence-electron chi connectivity index (χ2n) is 6.42. The van der Waals surface area contributed by atoms with Gasteiger partial charge in [-0.2, -0.15) is 4.39 Å². The van der Waals surface area contributed by atoms with E-state index in [1.54, 1.807) is 12.1 Å². The van der Waals surface area contributed by atoms with Crippen molar-refractivity contribution in [2.24, 2.45) is 0 Å². The number of rotatable bonds is 6. The maximum atomic E-state index is 13.4. The molecule has 1 atom stereocenters. The van der Waals surface area contributed by atoms with E-state index >= 15 is 0 Å². The fourth-order valence-electron chi connectivity index (χ4n) is 2.75. The fraction of sp³-hybridized carbons (Fsp3) is 0.158. The van der Waals surface area contributed by atoms with Gasteiger partial charge in [0.25, 0.3) is 17.0 Å². The van der Waals surface area contributed by atoms with Gasteiger partial charge < -0.3 is 10.1 Å². The molecule has 0 saturated carbocycles. The van der Waals surface area contributed by atoms with Gasteiger partial charge in [-0.25, -0.2) is 4.68 Å². The van der Waals surface area contributed by atoms with Crippen LogP contribution < -0.4 is 16.4 Å². The van der Waals surface area contributed by atoms with Gasteiger partial charge in [0.2, 0.25) is 5.82 Å². The molecule has 0 spiro atoms.